The minimum atomic E-state index is -0.201. The van der Waals surface area contributed by atoms with Crippen molar-refractivity contribution in [1.82, 2.24) is 10.2 Å². The van der Waals surface area contributed by atoms with E-state index < -0.39 is 0 Å². The zero-order chi connectivity index (χ0) is 19.6. The first-order valence-electron chi connectivity index (χ1n) is 9.90. The normalized spacial score (nSPS) is 23.7. The van der Waals surface area contributed by atoms with Gasteiger partial charge in [-0.05, 0) is 50.9 Å². The van der Waals surface area contributed by atoms with Gasteiger partial charge in [0.05, 0.1) is 12.7 Å². The molecule has 0 saturated heterocycles. The molecular formula is C20H32N2O5. The van der Waals surface area contributed by atoms with Crippen LogP contribution in [0.25, 0.3) is 0 Å². The van der Waals surface area contributed by atoms with Crippen LogP contribution in [0.2, 0.25) is 0 Å². The Morgan fingerprint density at radius 2 is 1.78 bits per heavy atom. The summed E-state index contributed by atoms with van der Waals surface area (Å²) in [5.41, 5.74) is 0. The number of hydrogen-bond donors (Lipinski definition) is 1. The molecule has 1 unspecified atom stereocenters. The summed E-state index contributed by atoms with van der Waals surface area (Å²) in [7, 11) is 1.67. The van der Waals surface area contributed by atoms with Crippen molar-refractivity contribution >= 4 is 17.7 Å². The molecule has 7 nitrogen and oxygen atoms in total. The maximum Gasteiger partial charge on any atom is 0.253 e. The lowest BCUT2D eigenvalue weighted by Crippen LogP contribution is -2.37. The van der Waals surface area contributed by atoms with Gasteiger partial charge in [-0.2, -0.15) is 0 Å². The number of nitrogens with zero attached hydrogens (tertiary/aromatic N) is 1. The lowest BCUT2D eigenvalue weighted by molar-refractivity contribution is -0.137. The number of hydrogen-bond acceptors (Lipinski definition) is 5. The summed E-state index contributed by atoms with van der Waals surface area (Å²) in [6.07, 6.45) is 8.05. The van der Waals surface area contributed by atoms with Gasteiger partial charge in [0.1, 0.15) is 0 Å². The van der Waals surface area contributed by atoms with E-state index in [1.165, 1.54) is 17.1 Å². The van der Waals surface area contributed by atoms with Crippen LogP contribution in [-0.2, 0) is 23.9 Å². The molecule has 2 rings (SSSR count). The smallest absolute Gasteiger partial charge is 0.253 e. The van der Waals surface area contributed by atoms with Gasteiger partial charge >= 0.3 is 0 Å². The van der Waals surface area contributed by atoms with Crippen LogP contribution in [0.15, 0.2) is 12.2 Å². The maximum absolute atomic E-state index is 11.9. The molecule has 1 fully saturated rings. The fraction of sp³-hybridized carbons (Fsp3) is 0.750. The summed E-state index contributed by atoms with van der Waals surface area (Å²) in [6, 6.07) is 0. The van der Waals surface area contributed by atoms with Crippen molar-refractivity contribution in [2.24, 2.45) is 11.8 Å². The molecule has 2 aliphatic rings. The molecule has 27 heavy (non-hydrogen) atoms. The Labute approximate surface area is 161 Å². The Morgan fingerprint density at radius 3 is 2.41 bits per heavy atom. The molecule has 1 aliphatic heterocycles. The number of amides is 3. The molecule has 1 heterocycles. The zero-order valence-electron chi connectivity index (χ0n) is 16.4. The second kappa shape index (κ2) is 11.2. The van der Waals surface area contributed by atoms with Crippen molar-refractivity contribution < 1.29 is 23.9 Å². The third kappa shape index (κ3) is 7.42. The van der Waals surface area contributed by atoms with E-state index in [-0.39, 0.29) is 23.8 Å². The first-order chi connectivity index (χ1) is 13.0. The molecule has 152 valence electrons. The number of imide groups is 1. The third-order valence-electron chi connectivity index (χ3n) is 5.44. The number of nitrogens with one attached hydrogen (secondary N) is 1. The fourth-order valence-corrected chi connectivity index (χ4v) is 3.47. The van der Waals surface area contributed by atoms with Crippen molar-refractivity contribution in [1.29, 1.82) is 0 Å². The van der Waals surface area contributed by atoms with Crippen LogP contribution in [0.4, 0.5) is 0 Å². The van der Waals surface area contributed by atoms with Crippen LogP contribution in [-0.4, -0.2) is 62.1 Å². The van der Waals surface area contributed by atoms with Crippen molar-refractivity contribution in [2.75, 3.05) is 33.4 Å². The van der Waals surface area contributed by atoms with Gasteiger partial charge in [0.25, 0.3) is 11.8 Å². The van der Waals surface area contributed by atoms with Crippen molar-refractivity contribution in [3.8, 4) is 0 Å². The number of ether oxygens (including phenoxy) is 2. The van der Waals surface area contributed by atoms with Gasteiger partial charge in [0.2, 0.25) is 5.91 Å². The monoisotopic (exact) mass is 380 g/mol. The second-order valence-corrected chi connectivity index (χ2v) is 7.51. The molecule has 0 aromatic carbocycles. The first kappa shape index (κ1) is 21.6. The predicted molar refractivity (Wildman–Crippen MR) is 101 cm³/mol. The Bertz CT molecular complexity index is 522. The van der Waals surface area contributed by atoms with Crippen LogP contribution in [0.3, 0.4) is 0 Å². The maximum atomic E-state index is 11.9. The summed E-state index contributed by atoms with van der Waals surface area (Å²) in [5.74, 6) is 0.460. The zero-order valence-corrected chi connectivity index (χ0v) is 16.4. The highest BCUT2D eigenvalue weighted by atomic mass is 16.5. The highest BCUT2D eigenvalue weighted by Gasteiger charge is 2.29. The minimum absolute atomic E-state index is 0.0243. The third-order valence-corrected chi connectivity index (χ3v) is 5.44. The molecule has 1 saturated carbocycles. The lowest BCUT2D eigenvalue weighted by atomic mass is 9.81. The average molecular weight is 380 g/mol. The largest absolute Gasteiger partial charge is 0.382 e. The molecule has 3 amide bonds. The van der Waals surface area contributed by atoms with E-state index in [0.29, 0.717) is 44.6 Å². The summed E-state index contributed by atoms with van der Waals surface area (Å²) >= 11 is 0. The molecule has 0 spiro atoms. The van der Waals surface area contributed by atoms with Crippen LogP contribution in [0.1, 0.15) is 45.4 Å². The van der Waals surface area contributed by atoms with Gasteiger partial charge in [0.15, 0.2) is 0 Å². The summed E-state index contributed by atoms with van der Waals surface area (Å²) in [5, 5.41) is 2.99. The SMILES string of the molecule is COC(C)CCOCCC(=O)NCC1CCC(CN2C(=O)C=CC2=O)CC1. The Kier molecular flexibility index (Phi) is 8.94. The van der Waals surface area contributed by atoms with E-state index >= 15 is 0 Å². The van der Waals surface area contributed by atoms with Crippen LogP contribution < -0.4 is 5.32 Å². The average Bonchev–Trinajstić information content (AvgIpc) is 2.99. The molecule has 1 N–H and O–H groups in total. The highest BCUT2D eigenvalue weighted by Crippen LogP contribution is 2.29. The highest BCUT2D eigenvalue weighted by molar-refractivity contribution is 6.12. The van der Waals surface area contributed by atoms with Gasteiger partial charge in [-0.15, -0.1) is 0 Å². The van der Waals surface area contributed by atoms with E-state index in [9.17, 15) is 14.4 Å². The van der Waals surface area contributed by atoms with Crippen LogP contribution >= 0.6 is 0 Å². The van der Waals surface area contributed by atoms with Crippen molar-refractivity contribution in [2.45, 2.75) is 51.6 Å². The molecule has 1 atom stereocenters. The topological polar surface area (TPSA) is 84.9 Å². The number of methoxy groups -OCH3 is 1. The van der Waals surface area contributed by atoms with Gasteiger partial charge in [-0.25, -0.2) is 0 Å². The van der Waals surface area contributed by atoms with Crippen molar-refractivity contribution in [3.05, 3.63) is 12.2 Å². The van der Waals surface area contributed by atoms with E-state index in [2.05, 4.69) is 5.32 Å². The predicted octanol–water partition coefficient (Wildman–Crippen LogP) is 1.67. The van der Waals surface area contributed by atoms with Crippen molar-refractivity contribution in [3.63, 3.8) is 0 Å². The molecule has 0 aromatic rings. The molecule has 0 aromatic heterocycles. The van der Waals surface area contributed by atoms with Crippen LogP contribution in [0, 0.1) is 11.8 Å². The molecule has 0 radical (unpaired) electrons. The van der Waals surface area contributed by atoms with Gasteiger partial charge < -0.3 is 14.8 Å². The molecule has 1 aliphatic carbocycles. The standard InChI is InChI=1S/C20H32N2O5/c1-15(26-2)9-11-27-12-10-18(23)21-13-16-3-5-17(6-4-16)14-22-19(24)7-8-20(22)25/h7-8,15-17H,3-6,9-14H2,1-2H3,(H,21,23). The second-order valence-electron chi connectivity index (χ2n) is 7.51. The number of carbonyl (C=O) groups is 3. The molecule has 0 bridgehead atoms. The Balaban J connectivity index is 1.52. The Hall–Kier alpha value is -1.73. The summed E-state index contributed by atoms with van der Waals surface area (Å²) in [4.78, 5) is 36.5. The lowest BCUT2D eigenvalue weighted by Gasteiger charge is -2.30. The van der Waals surface area contributed by atoms with Crippen LogP contribution in [0.5, 0.6) is 0 Å². The quantitative estimate of drug-likeness (QED) is 0.435. The van der Waals surface area contributed by atoms with Gasteiger partial charge in [0, 0.05) is 45.4 Å². The van der Waals surface area contributed by atoms with E-state index in [0.717, 1.165) is 32.1 Å². The summed E-state index contributed by atoms with van der Waals surface area (Å²) < 4.78 is 10.6. The Morgan fingerprint density at radius 1 is 1.15 bits per heavy atom. The van der Waals surface area contributed by atoms with E-state index in [1.807, 2.05) is 6.92 Å². The minimum Gasteiger partial charge on any atom is -0.382 e. The number of carbonyl (C=O) groups excluding carboxylic acids is 3. The molecule has 7 heteroatoms. The fourth-order valence-electron chi connectivity index (χ4n) is 3.47. The first-order valence-corrected chi connectivity index (χ1v) is 9.90. The van der Waals surface area contributed by atoms with E-state index in [4.69, 9.17) is 9.47 Å². The molecular weight excluding hydrogens is 348 g/mol. The number of rotatable bonds is 11. The van der Waals surface area contributed by atoms with Gasteiger partial charge in [-0.3, -0.25) is 19.3 Å². The van der Waals surface area contributed by atoms with Gasteiger partial charge in [-0.1, -0.05) is 0 Å². The summed E-state index contributed by atoms with van der Waals surface area (Å²) in [6.45, 7) is 4.23. The van der Waals surface area contributed by atoms with E-state index in [1.54, 1.807) is 7.11 Å².